The molecule has 3 heteroatoms. The second-order valence-corrected chi connectivity index (χ2v) is 4.07. The first kappa shape index (κ1) is 10.7. The van der Waals surface area contributed by atoms with Crippen LogP contribution >= 0.6 is 0 Å². The van der Waals surface area contributed by atoms with E-state index in [9.17, 15) is 4.79 Å². The van der Waals surface area contributed by atoms with Crippen molar-refractivity contribution in [3.05, 3.63) is 66.2 Å². The molecule has 0 aliphatic heterocycles. The second-order valence-electron chi connectivity index (χ2n) is 4.07. The molecule has 0 spiro atoms. The summed E-state index contributed by atoms with van der Waals surface area (Å²) in [5.41, 5.74) is 2.13. The largest absolute Gasteiger partial charge is 0.464 e. The minimum absolute atomic E-state index is 0.0265. The quantitative estimate of drug-likeness (QED) is 0.657. The smallest absolute Gasteiger partial charge is 0.172 e. The lowest BCUT2D eigenvalue weighted by Gasteiger charge is -1.98. The van der Waals surface area contributed by atoms with Crippen LogP contribution in [0.5, 0.6) is 0 Å². The van der Waals surface area contributed by atoms with E-state index >= 15 is 0 Å². The van der Waals surface area contributed by atoms with E-state index in [-0.39, 0.29) is 5.78 Å². The van der Waals surface area contributed by atoms with Gasteiger partial charge in [0.2, 0.25) is 0 Å². The van der Waals surface area contributed by atoms with Gasteiger partial charge in [-0.05, 0) is 18.2 Å². The fraction of sp³-hybridized carbons (Fsp3) is 0.0667. The first-order valence-corrected chi connectivity index (χ1v) is 5.74. The molecule has 3 rings (SSSR count). The zero-order valence-corrected chi connectivity index (χ0v) is 9.67. The molecule has 0 atom stereocenters. The van der Waals surface area contributed by atoms with Crippen molar-refractivity contribution in [2.24, 2.45) is 0 Å². The molecular formula is C15H11NO2. The van der Waals surface area contributed by atoms with E-state index in [1.54, 1.807) is 6.20 Å². The summed E-state index contributed by atoms with van der Waals surface area (Å²) in [6.45, 7) is 0. The molecule has 0 aliphatic carbocycles. The summed E-state index contributed by atoms with van der Waals surface area (Å²) in [5, 5.41) is 0.860. The first-order chi connectivity index (χ1) is 8.84. The van der Waals surface area contributed by atoms with Crippen LogP contribution in [-0.4, -0.2) is 10.8 Å². The van der Waals surface area contributed by atoms with E-state index in [0.717, 1.165) is 16.7 Å². The minimum Gasteiger partial charge on any atom is -0.464 e. The Morgan fingerprint density at radius 2 is 1.94 bits per heavy atom. The van der Waals surface area contributed by atoms with Crippen molar-refractivity contribution in [3.63, 3.8) is 0 Å². The Morgan fingerprint density at radius 3 is 2.78 bits per heavy atom. The molecule has 1 aromatic carbocycles. The maximum absolute atomic E-state index is 12.2. The van der Waals surface area contributed by atoms with E-state index in [0.29, 0.717) is 12.0 Å². The van der Waals surface area contributed by atoms with Gasteiger partial charge in [-0.25, -0.2) is 0 Å². The lowest BCUT2D eigenvalue weighted by atomic mass is 10.1. The molecule has 0 unspecified atom stereocenters. The highest BCUT2D eigenvalue weighted by Gasteiger charge is 2.14. The summed E-state index contributed by atoms with van der Waals surface area (Å²) in [6, 6.07) is 13.1. The number of carbonyl (C=O) groups is 1. The predicted molar refractivity (Wildman–Crippen MR) is 68.5 cm³/mol. The molecule has 2 aromatic heterocycles. The van der Waals surface area contributed by atoms with Gasteiger partial charge in [-0.2, -0.15) is 0 Å². The van der Waals surface area contributed by atoms with Gasteiger partial charge in [0.1, 0.15) is 11.8 Å². The standard InChI is InChI=1S/C15H11NO2/c17-14(9-11-5-3-4-8-16-11)13-10-18-15-7-2-1-6-12(13)15/h1-8,10H,9H2. The third kappa shape index (κ3) is 1.91. The van der Waals surface area contributed by atoms with Gasteiger partial charge in [0.15, 0.2) is 5.78 Å². The van der Waals surface area contributed by atoms with Crippen molar-refractivity contribution in [2.45, 2.75) is 6.42 Å². The number of aromatic nitrogens is 1. The van der Waals surface area contributed by atoms with Crippen molar-refractivity contribution in [1.82, 2.24) is 4.98 Å². The average molecular weight is 237 g/mol. The molecule has 0 aliphatic rings. The highest BCUT2D eigenvalue weighted by Crippen LogP contribution is 2.21. The number of carbonyl (C=O) groups excluding carboxylic acids is 1. The maximum Gasteiger partial charge on any atom is 0.172 e. The Bertz CT molecular complexity index is 686. The van der Waals surface area contributed by atoms with Crippen LogP contribution in [0, 0.1) is 0 Å². The van der Waals surface area contributed by atoms with E-state index < -0.39 is 0 Å². The molecule has 0 saturated carbocycles. The van der Waals surface area contributed by atoms with E-state index in [1.165, 1.54) is 6.26 Å². The fourth-order valence-corrected chi connectivity index (χ4v) is 1.96. The zero-order valence-electron chi connectivity index (χ0n) is 9.67. The Labute approximate surface area is 104 Å². The van der Waals surface area contributed by atoms with E-state index in [1.807, 2.05) is 42.5 Å². The van der Waals surface area contributed by atoms with Crippen LogP contribution in [0.4, 0.5) is 0 Å². The SMILES string of the molecule is O=C(Cc1ccccn1)c1coc2ccccc12. The lowest BCUT2D eigenvalue weighted by Crippen LogP contribution is -2.03. The highest BCUT2D eigenvalue weighted by atomic mass is 16.3. The highest BCUT2D eigenvalue weighted by molar-refractivity contribution is 6.07. The van der Waals surface area contributed by atoms with Crippen LogP contribution in [-0.2, 0) is 6.42 Å². The second kappa shape index (κ2) is 4.45. The molecule has 3 aromatic rings. The minimum atomic E-state index is 0.0265. The molecular weight excluding hydrogens is 226 g/mol. The van der Waals surface area contributed by atoms with Crippen molar-refractivity contribution in [3.8, 4) is 0 Å². The normalized spacial score (nSPS) is 10.7. The number of benzene rings is 1. The topological polar surface area (TPSA) is 43.1 Å². The van der Waals surface area contributed by atoms with Gasteiger partial charge in [-0.1, -0.05) is 24.3 Å². The summed E-state index contributed by atoms with van der Waals surface area (Å²) >= 11 is 0. The molecule has 18 heavy (non-hydrogen) atoms. The molecule has 0 N–H and O–H groups in total. The van der Waals surface area contributed by atoms with Crippen LogP contribution < -0.4 is 0 Å². The van der Waals surface area contributed by atoms with Gasteiger partial charge in [0.05, 0.1) is 12.0 Å². The number of pyridine rings is 1. The first-order valence-electron chi connectivity index (χ1n) is 5.74. The van der Waals surface area contributed by atoms with Crippen LogP contribution in [0.2, 0.25) is 0 Å². The molecule has 0 saturated heterocycles. The van der Waals surface area contributed by atoms with Gasteiger partial charge in [0.25, 0.3) is 0 Å². The van der Waals surface area contributed by atoms with E-state index in [4.69, 9.17) is 4.42 Å². The van der Waals surface area contributed by atoms with Crippen LogP contribution in [0.15, 0.2) is 59.3 Å². The van der Waals surface area contributed by atoms with Crippen molar-refractivity contribution >= 4 is 16.8 Å². The third-order valence-electron chi connectivity index (χ3n) is 2.85. The third-order valence-corrected chi connectivity index (χ3v) is 2.85. The van der Waals surface area contributed by atoms with Gasteiger partial charge in [-0.15, -0.1) is 0 Å². The van der Waals surface area contributed by atoms with Crippen LogP contribution in [0.25, 0.3) is 11.0 Å². The van der Waals surface area contributed by atoms with Crippen LogP contribution in [0.3, 0.4) is 0 Å². The summed E-state index contributed by atoms with van der Waals surface area (Å²) in [4.78, 5) is 16.3. The average Bonchev–Trinajstić information content (AvgIpc) is 2.84. The van der Waals surface area contributed by atoms with Gasteiger partial charge in [0, 0.05) is 17.3 Å². The number of Topliss-reactive ketones (excluding diaryl/α,β-unsaturated/α-hetero) is 1. The number of hydrogen-bond donors (Lipinski definition) is 0. The number of para-hydroxylation sites is 1. The maximum atomic E-state index is 12.2. The number of fused-ring (bicyclic) bond motifs is 1. The molecule has 0 amide bonds. The molecule has 3 nitrogen and oxygen atoms in total. The molecule has 0 fully saturated rings. The lowest BCUT2D eigenvalue weighted by molar-refractivity contribution is 0.0992. The molecule has 88 valence electrons. The monoisotopic (exact) mass is 237 g/mol. The van der Waals surface area contributed by atoms with Crippen molar-refractivity contribution in [1.29, 1.82) is 0 Å². The molecule has 0 bridgehead atoms. The van der Waals surface area contributed by atoms with Gasteiger partial charge < -0.3 is 4.42 Å². The van der Waals surface area contributed by atoms with Gasteiger partial charge >= 0.3 is 0 Å². The number of furan rings is 1. The summed E-state index contributed by atoms with van der Waals surface area (Å²) in [7, 11) is 0. The van der Waals surface area contributed by atoms with Crippen molar-refractivity contribution < 1.29 is 9.21 Å². The number of nitrogens with zero attached hydrogens (tertiary/aromatic N) is 1. The Balaban J connectivity index is 1.93. The van der Waals surface area contributed by atoms with Crippen LogP contribution in [0.1, 0.15) is 16.1 Å². The Morgan fingerprint density at radius 1 is 1.11 bits per heavy atom. The Hall–Kier alpha value is -2.42. The number of ketones is 1. The van der Waals surface area contributed by atoms with E-state index in [2.05, 4.69) is 4.98 Å². The number of hydrogen-bond acceptors (Lipinski definition) is 3. The summed E-state index contributed by atoms with van der Waals surface area (Å²) < 4.78 is 5.37. The summed E-state index contributed by atoms with van der Waals surface area (Å²) in [5.74, 6) is 0.0265. The molecule has 2 heterocycles. The van der Waals surface area contributed by atoms with Crippen molar-refractivity contribution in [2.75, 3.05) is 0 Å². The zero-order chi connectivity index (χ0) is 12.4. The predicted octanol–water partition coefficient (Wildman–Crippen LogP) is 3.25. The summed E-state index contributed by atoms with van der Waals surface area (Å²) in [6.07, 6.45) is 3.51. The Kier molecular flexibility index (Phi) is 2.65. The molecule has 0 radical (unpaired) electrons. The fourth-order valence-electron chi connectivity index (χ4n) is 1.96. The van der Waals surface area contributed by atoms with Gasteiger partial charge in [-0.3, -0.25) is 9.78 Å². The number of rotatable bonds is 3.